The van der Waals surface area contributed by atoms with Crippen LogP contribution in [0.25, 0.3) is 0 Å². The lowest BCUT2D eigenvalue weighted by Crippen LogP contribution is -2.15. The first kappa shape index (κ1) is 15.1. The summed E-state index contributed by atoms with van der Waals surface area (Å²) in [5, 5.41) is 2.46. The van der Waals surface area contributed by atoms with E-state index in [0.29, 0.717) is 26.5 Å². The quantitative estimate of drug-likeness (QED) is 0.669. The van der Waals surface area contributed by atoms with Crippen molar-refractivity contribution in [3.8, 4) is 0 Å². The first-order valence-corrected chi connectivity index (χ1v) is 7.30. The van der Waals surface area contributed by atoms with Crippen molar-refractivity contribution in [2.24, 2.45) is 0 Å². The molecule has 1 aromatic carbocycles. The molecule has 1 unspecified atom stereocenters. The van der Waals surface area contributed by atoms with Crippen molar-refractivity contribution < 1.29 is 0 Å². The maximum absolute atomic E-state index is 6.35. The fraction of sp³-hybridized carbons (Fsp3) is 0.286. The van der Waals surface area contributed by atoms with Crippen LogP contribution in [-0.4, -0.2) is 14.1 Å². The number of allylic oxidation sites excluding steroid dienone is 4. The fourth-order valence-corrected chi connectivity index (χ4v) is 3.23. The van der Waals surface area contributed by atoms with Gasteiger partial charge in [-0.1, -0.05) is 52.5 Å². The zero-order chi connectivity index (χ0) is 14.2. The highest BCUT2D eigenvalue weighted by Crippen LogP contribution is 2.46. The molecule has 19 heavy (non-hydrogen) atoms. The van der Waals surface area contributed by atoms with Gasteiger partial charge in [-0.15, -0.1) is 0 Å². The van der Waals surface area contributed by atoms with Crippen LogP contribution in [0.5, 0.6) is 0 Å². The third-order valence-electron chi connectivity index (χ3n) is 3.10. The van der Waals surface area contributed by atoms with E-state index >= 15 is 0 Å². The van der Waals surface area contributed by atoms with Crippen LogP contribution in [0.2, 0.25) is 5.02 Å². The minimum absolute atomic E-state index is 0.0530. The van der Waals surface area contributed by atoms with Crippen LogP contribution in [0.15, 0.2) is 39.4 Å². The molecule has 1 nitrogen and oxygen atoms in total. The third-order valence-corrected chi connectivity index (χ3v) is 4.59. The summed E-state index contributed by atoms with van der Waals surface area (Å²) in [5.74, 6) is -0.0530. The molecule has 5 heteroatoms. The average Bonchev–Trinajstić information content (AvgIpc) is 2.34. The van der Waals surface area contributed by atoms with E-state index in [-0.39, 0.29) is 5.92 Å². The summed E-state index contributed by atoms with van der Waals surface area (Å²) in [6, 6.07) is 5.80. The standard InChI is InChI=1S/C14H13Cl4N/c1-19(2)13-5-3-4-9(15)14(13)8-6-11(17)12(18)7-10(8)16/h3-5,7-8H,6H2,1-2H3. The van der Waals surface area contributed by atoms with Gasteiger partial charge in [0, 0.05) is 46.4 Å². The van der Waals surface area contributed by atoms with Crippen LogP contribution in [0.1, 0.15) is 17.9 Å². The molecule has 0 radical (unpaired) electrons. The minimum Gasteiger partial charge on any atom is -0.377 e. The lowest BCUT2D eigenvalue weighted by atomic mass is 9.90. The Bertz CT molecular complexity index is 561. The summed E-state index contributed by atoms with van der Waals surface area (Å²) in [6.07, 6.45) is 2.27. The van der Waals surface area contributed by atoms with Crippen molar-refractivity contribution >= 4 is 52.1 Å². The van der Waals surface area contributed by atoms with Crippen LogP contribution in [0.4, 0.5) is 5.69 Å². The number of nitrogens with zero attached hydrogens (tertiary/aromatic N) is 1. The van der Waals surface area contributed by atoms with Crippen LogP contribution >= 0.6 is 46.4 Å². The van der Waals surface area contributed by atoms with Gasteiger partial charge in [-0.25, -0.2) is 0 Å². The van der Waals surface area contributed by atoms with Gasteiger partial charge < -0.3 is 4.90 Å². The van der Waals surface area contributed by atoms with Gasteiger partial charge in [0.2, 0.25) is 0 Å². The van der Waals surface area contributed by atoms with E-state index in [1.54, 1.807) is 6.08 Å². The normalized spacial score (nSPS) is 19.5. The Labute approximate surface area is 133 Å². The predicted molar refractivity (Wildman–Crippen MR) is 85.8 cm³/mol. The molecular formula is C14H13Cl4N. The topological polar surface area (TPSA) is 3.24 Å². The van der Waals surface area contributed by atoms with Crippen LogP contribution in [0.3, 0.4) is 0 Å². The summed E-state index contributed by atoms with van der Waals surface area (Å²) in [5.41, 5.74) is 2.02. The number of hydrogen-bond acceptors (Lipinski definition) is 1. The van der Waals surface area contributed by atoms with Crippen LogP contribution in [0, 0.1) is 0 Å². The molecule has 0 aliphatic heterocycles. The van der Waals surface area contributed by atoms with Crippen LogP contribution in [-0.2, 0) is 0 Å². The molecule has 0 saturated heterocycles. The van der Waals surface area contributed by atoms with E-state index in [4.69, 9.17) is 46.4 Å². The molecule has 1 aliphatic carbocycles. The van der Waals surface area contributed by atoms with Crippen molar-refractivity contribution in [3.05, 3.63) is 50.0 Å². The Balaban J connectivity index is 2.52. The van der Waals surface area contributed by atoms with Gasteiger partial charge in [-0.3, -0.25) is 0 Å². The summed E-state index contributed by atoms with van der Waals surface area (Å²) in [7, 11) is 3.94. The van der Waals surface area contributed by atoms with E-state index < -0.39 is 0 Å². The number of hydrogen-bond donors (Lipinski definition) is 0. The molecule has 102 valence electrons. The molecule has 1 atom stereocenters. The van der Waals surface area contributed by atoms with Gasteiger partial charge in [0.1, 0.15) is 0 Å². The second-order valence-electron chi connectivity index (χ2n) is 4.61. The zero-order valence-corrected chi connectivity index (χ0v) is 13.6. The molecule has 1 aliphatic rings. The van der Waals surface area contributed by atoms with E-state index in [9.17, 15) is 0 Å². The summed E-state index contributed by atoms with van der Waals surface area (Å²) >= 11 is 24.8. The van der Waals surface area contributed by atoms with Gasteiger partial charge in [-0.05, 0) is 24.6 Å². The molecule has 0 fully saturated rings. The highest BCUT2D eigenvalue weighted by molar-refractivity contribution is 6.42. The van der Waals surface area contributed by atoms with Gasteiger partial charge in [-0.2, -0.15) is 0 Å². The minimum atomic E-state index is -0.0530. The molecule has 1 aromatic rings. The zero-order valence-electron chi connectivity index (χ0n) is 10.6. The maximum Gasteiger partial charge on any atom is 0.0563 e. The molecule has 0 heterocycles. The van der Waals surface area contributed by atoms with E-state index in [1.807, 2.05) is 37.2 Å². The molecule has 0 N–H and O–H groups in total. The first-order valence-electron chi connectivity index (χ1n) is 5.78. The molecule has 0 spiro atoms. The largest absolute Gasteiger partial charge is 0.377 e. The van der Waals surface area contributed by atoms with Gasteiger partial charge in [0.15, 0.2) is 0 Å². The highest BCUT2D eigenvalue weighted by Gasteiger charge is 2.27. The Hall–Kier alpha value is -0.340. The lowest BCUT2D eigenvalue weighted by Gasteiger charge is -2.27. The van der Waals surface area contributed by atoms with Crippen molar-refractivity contribution in [2.45, 2.75) is 12.3 Å². The summed E-state index contributed by atoms with van der Waals surface area (Å²) in [4.78, 5) is 2.01. The van der Waals surface area contributed by atoms with E-state index in [0.717, 1.165) is 11.3 Å². The fourth-order valence-electron chi connectivity index (χ4n) is 2.17. The second kappa shape index (κ2) is 5.97. The number of halogens is 4. The predicted octanol–water partition coefficient (Wildman–Crippen LogP) is 5.71. The second-order valence-corrected chi connectivity index (χ2v) is 6.31. The average molecular weight is 337 g/mol. The highest BCUT2D eigenvalue weighted by atomic mass is 35.5. The number of anilines is 1. The summed E-state index contributed by atoms with van der Waals surface area (Å²) < 4.78 is 0. The Morgan fingerprint density at radius 3 is 2.42 bits per heavy atom. The van der Waals surface area contributed by atoms with E-state index in [2.05, 4.69) is 0 Å². The Morgan fingerprint density at radius 1 is 1.11 bits per heavy atom. The van der Waals surface area contributed by atoms with Crippen molar-refractivity contribution in [1.82, 2.24) is 0 Å². The van der Waals surface area contributed by atoms with Crippen molar-refractivity contribution in [3.63, 3.8) is 0 Å². The first-order chi connectivity index (χ1) is 8.91. The van der Waals surface area contributed by atoms with E-state index in [1.165, 1.54) is 0 Å². The Morgan fingerprint density at radius 2 is 1.79 bits per heavy atom. The van der Waals surface area contributed by atoms with Crippen LogP contribution < -0.4 is 4.90 Å². The molecule has 0 amide bonds. The van der Waals surface area contributed by atoms with Crippen molar-refractivity contribution in [2.75, 3.05) is 19.0 Å². The smallest absolute Gasteiger partial charge is 0.0563 e. The maximum atomic E-state index is 6.35. The van der Waals surface area contributed by atoms with Gasteiger partial charge in [0.25, 0.3) is 0 Å². The molecule has 0 bridgehead atoms. The molecule has 2 rings (SSSR count). The van der Waals surface area contributed by atoms with Crippen molar-refractivity contribution in [1.29, 1.82) is 0 Å². The number of rotatable bonds is 2. The van der Waals surface area contributed by atoms with Gasteiger partial charge in [0.05, 0.1) is 5.03 Å². The molecule has 0 saturated carbocycles. The molecular weight excluding hydrogens is 324 g/mol. The number of benzene rings is 1. The monoisotopic (exact) mass is 335 g/mol. The third kappa shape index (κ3) is 3.05. The van der Waals surface area contributed by atoms with Gasteiger partial charge >= 0.3 is 0 Å². The SMILES string of the molecule is CN(C)c1cccc(Cl)c1C1CC(Cl)=C(Cl)C=C1Cl. The Kier molecular flexibility index (Phi) is 4.73. The lowest BCUT2D eigenvalue weighted by molar-refractivity contribution is 0.819. The summed E-state index contributed by atoms with van der Waals surface area (Å²) in [6.45, 7) is 0. The molecule has 0 aromatic heterocycles.